The highest BCUT2D eigenvalue weighted by Crippen LogP contribution is 2.15. The van der Waals surface area contributed by atoms with Gasteiger partial charge in [0.15, 0.2) is 0 Å². The van der Waals surface area contributed by atoms with Gasteiger partial charge in [-0.15, -0.1) is 0 Å². The topological polar surface area (TPSA) is 75.6 Å². The predicted octanol–water partition coefficient (Wildman–Crippen LogP) is 3.44. The van der Waals surface area contributed by atoms with Crippen molar-refractivity contribution in [2.45, 2.75) is 13.5 Å². The predicted molar refractivity (Wildman–Crippen MR) is 78.4 cm³/mol. The number of aryl methyl sites for hydroxylation is 1. The molecule has 1 amide bonds. The van der Waals surface area contributed by atoms with Gasteiger partial charge in [-0.2, -0.15) is 0 Å². The number of nitrogens with one attached hydrogen (secondary N) is 1. The number of carboxylic acids is 1. The summed E-state index contributed by atoms with van der Waals surface area (Å²) in [4.78, 5) is 22.7. The first-order valence-corrected chi connectivity index (χ1v) is 6.37. The molecule has 2 aromatic rings. The molecule has 0 fully saturated rings. The van der Waals surface area contributed by atoms with Crippen molar-refractivity contribution in [3.63, 3.8) is 0 Å². The molecule has 0 spiro atoms. The molecule has 0 saturated heterocycles. The molecule has 0 aliphatic heterocycles. The number of anilines is 1. The Kier molecular flexibility index (Phi) is 4.56. The fraction of sp³-hybridized carbons (Fsp3) is 0.125. The van der Waals surface area contributed by atoms with E-state index in [9.17, 15) is 9.59 Å². The van der Waals surface area contributed by atoms with Crippen molar-refractivity contribution in [2.24, 2.45) is 0 Å². The van der Waals surface area contributed by atoms with Crippen LogP contribution in [0.3, 0.4) is 0 Å². The van der Waals surface area contributed by atoms with E-state index in [2.05, 4.69) is 5.32 Å². The second-order valence-electron chi connectivity index (χ2n) is 4.58. The van der Waals surface area contributed by atoms with Crippen molar-refractivity contribution in [3.05, 3.63) is 65.2 Å². The second kappa shape index (κ2) is 6.56. The number of rotatable bonds is 4. The third kappa shape index (κ3) is 4.35. The molecule has 5 heteroatoms. The number of benzene rings is 2. The van der Waals surface area contributed by atoms with E-state index < -0.39 is 12.1 Å². The first-order chi connectivity index (χ1) is 10.0. The van der Waals surface area contributed by atoms with Gasteiger partial charge in [-0.1, -0.05) is 30.3 Å². The van der Waals surface area contributed by atoms with Gasteiger partial charge in [0.05, 0.1) is 5.56 Å². The van der Waals surface area contributed by atoms with Crippen LogP contribution in [0.1, 0.15) is 21.5 Å². The van der Waals surface area contributed by atoms with Crippen molar-refractivity contribution >= 4 is 17.7 Å². The molecule has 2 N–H and O–H groups in total. The Morgan fingerprint density at radius 2 is 1.86 bits per heavy atom. The van der Waals surface area contributed by atoms with Crippen LogP contribution in [0, 0.1) is 6.92 Å². The summed E-state index contributed by atoms with van der Waals surface area (Å²) >= 11 is 0. The van der Waals surface area contributed by atoms with Gasteiger partial charge in [0.25, 0.3) is 0 Å². The van der Waals surface area contributed by atoms with Crippen LogP contribution in [-0.2, 0) is 11.3 Å². The molecule has 0 aliphatic carbocycles. The fourth-order valence-electron chi connectivity index (χ4n) is 1.86. The van der Waals surface area contributed by atoms with E-state index >= 15 is 0 Å². The summed E-state index contributed by atoms with van der Waals surface area (Å²) in [6.07, 6.45) is -0.624. The maximum Gasteiger partial charge on any atom is 0.411 e. The van der Waals surface area contributed by atoms with E-state index in [4.69, 9.17) is 9.84 Å². The molecule has 108 valence electrons. The van der Waals surface area contributed by atoms with E-state index in [0.717, 1.165) is 11.1 Å². The molecule has 5 nitrogen and oxygen atoms in total. The van der Waals surface area contributed by atoms with Crippen molar-refractivity contribution < 1.29 is 19.4 Å². The molecule has 0 unspecified atom stereocenters. The number of aromatic carboxylic acids is 1. The van der Waals surface area contributed by atoms with Gasteiger partial charge in [-0.3, -0.25) is 5.32 Å². The molecule has 21 heavy (non-hydrogen) atoms. The van der Waals surface area contributed by atoms with Gasteiger partial charge in [0, 0.05) is 5.69 Å². The van der Waals surface area contributed by atoms with E-state index in [1.807, 2.05) is 30.3 Å². The highest BCUT2D eigenvalue weighted by Gasteiger charge is 2.08. The van der Waals surface area contributed by atoms with Crippen LogP contribution >= 0.6 is 0 Å². The van der Waals surface area contributed by atoms with E-state index in [0.29, 0.717) is 5.69 Å². The Labute approximate surface area is 122 Å². The Hall–Kier alpha value is -2.82. The Bertz CT molecular complexity index is 653. The zero-order chi connectivity index (χ0) is 15.2. The van der Waals surface area contributed by atoms with E-state index in [1.165, 1.54) is 12.1 Å². The summed E-state index contributed by atoms with van der Waals surface area (Å²) in [7, 11) is 0. The molecule has 0 aromatic heterocycles. The molecule has 0 bridgehead atoms. The highest BCUT2D eigenvalue weighted by atomic mass is 16.5. The molecular weight excluding hydrogens is 270 g/mol. The molecule has 0 heterocycles. The van der Waals surface area contributed by atoms with Gasteiger partial charge in [0.2, 0.25) is 0 Å². The summed E-state index contributed by atoms with van der Waals surface area (Å²) in [6.45, 7) is 1.91. The molecular formula is C16H15NO4. The van der Waals surface area contributed by atoms with Crippen molar-refractivity contribution in [3.8, 4) is 0 Å². The molecule has 0 atom stereocenters. The van der Waals surface area contributed by atoms with Crippen LogP contribution in [0.15, 0.2) is 48.5 Å². The fourth-order valence-corrected chi connectivity index (χ4v) is 1.86. The van der Waals surface area contributed by atoms with Crippen LogP contribution in [0.4, 0.5) is 10.5 Å². The molecule has 0 saturated carbocycles. The summed E-state index contributed by atoms with van der Waals surface area (Å²) < 4.78 is 5.07. The maximum absolute atomic E-state index is 11.7. The van der Waals surface area contributed by atoms with Crippen molar-refractivity contribution in [1.82, 2.24) is 0 Å². The minimum Gasteiger partial charge on any atom is -0.478 e. The lowest BCUT2D eigenvalue weighted by Crippen LogP contribution is -2.14. The maximum atomic E-state index is 11.7. The van der Waals surface area contributed by atoms with Crippen LogP contribution in [0.25, 0.3) is 0 Å². The van der Waals surface area contributed by atoms with Gasteiger partial charge in [-0.05, 0) is 36.2 Å². The lowest BCUT2D eigenvalue weighted by molar-refractivity contribution is 0.0696. The number of ether oxygens (including phenoxy) is 1. The number of carboxylic acid groups (broad SMARTS) is 1. The van der Waals surface area contributed by atoms with E-state index in [1.54, 1.807) is 13.0 Å². The van der Waals surface area contributed by atoms with Crippen LogP contribution in [0.5, 0.6) is 0 Å². The summed E-state index contributed by atoms with van der Waals surface area (Å²) in [6, 6.07) is 13.9. The smallest absolute Gasteiger partial charge is 0.411 e. The van der Waals surface area contributed by atoms with Crippen molar-refractivity contribution in [1.29, 1.82) is 0 Å². The third-order valence-corrected chi connectivity index (χ3v) is 2.78. The molecule has 2 aromatic carbocycles. The Balaban J connectivity index is 1.98. The zero-order valence-electron chi connectivity index (χ0n) is 11.5. The second-order valence-corrected chi connectivity index (χ2v) is 4.58. The minimum absolute atomic E-state index is 0.119. The number of amides is 1. The minimum atomic E-state index is -1.04. The largest absolute Gasteiger partial charge is 0.478 e. The molecule has 0 aliphatic rings. The highest BCUT2D eigenvalue weighted by molar-refractivity contribution is 5.91. The van der Waals surface area contributed by atoms with E-state index in [-0.39, 0.29) is 12.2 Å². The Morgan fingerprint density at radius 1 is 1.14 bits per heavy atom. The summed E-state index contributed by atoms with van der Waals surface area (Å²) in [5.41, 5.74) is 2.13. The lowest BCUT2D eigenvalue weighted by Gasteiger charge is -2.08. The van der Waals surface area contributed by atoms with Crippen molar-refractivity contribution in [2.75, 3.05) is 5.32 Å². The van der Waals surface area contributed by atoms with Gasteiger partial charge in [-0.25, -0.2) is 9.59 Å². The SMILES string of the molecule is Cc1cc(NC(=O)OCc2ccccc2)cc(C(=O)O)c1. The molecule has 0 radical (unpaired) electrons. The monoisotopic (exact) mass is 285 g/mol. The summed E-state index contributed by atoms with van der Waals surface area (Å²) in [5, 5.41) is 11.5. The standard InChI is InChI=1S/C16H15NO4/c1-11-7-13(15(18)19)9-14(8-11)17-16(20)21-10-12-5-3-2-4-6-12/h2-9H,10H2,1H3,(H,17,20)(H,18,19). The van der Waals surface area contributed by atoms with Gasteiger partial charge in [0.1, 0.15) is 6.61 Å². The van der Waals surface area contributed by atoms with Gasteiger partial charge < -0.3 is 9.84 Å². The molecule has 2 rings (SSSR count). The lowest BCUT2D eigenvalue weighted by atomic mass is 10.1. The third-order valence-electron chi connectivity index (χ3n) is 2.78. The number of hydrogen-bond acceptors (Lipinski definition) is 3. The van der Waals surface area contributed by atoms with Gasteiger partial charge >= 0.3 is 12.1 Å². The Morgan fingerprint density at radius 3 is 2.52 bits per heavy atom. The number of carbonyl (C=O) groups excluding carboxylic acids is 1. The first kappa shape index (κ1) is 14.6. The number of hydrogen-bond donors (Lipinski definition) is 2. The van der Waals surface area contributed by atoms with Crippen LogP contribution in [0.2, 0.25) is 0 Å². The normalized spacial score (nSPS) is 9.95. The number of carbonyl (C=O) groups is 2. The quantitative estimate of drug-likeness (QED) is 0.902. The summed E-state index contributed by atoms with van der Waals surface area (Å²) in [5.74, 6) is -1.04. The zero-order valence-corrected chi connectivity index (χ0v) is 11.5. The average molecular weight is 285 g/mol. The van der Waals surface area contributed by atoms with Crippen LogP contribution < -0.4 is 5.32 Å². The first-order valence-electron chi connectivity index (χ1n) is 6.37. The average Bonchev–Trinajstić information content (AvgIpc) is 2.45. The van der Waals surface area contributed by atoms with Crippen LogP contribution in [-0.4, -0.2) is 17.2 Å².